The number of furan rings is 1. The molecule has 166 valence electrons. The Labute approximate surface area is 183 Å². The minimum atomic E-state index is -3.83. The van der Waals surface area contributed by atoms with Crippen LogP contribution >= 0.6 is 0 Å². The van der Waals surface area contributed by atoms with Crippen LogP contribution in [0.4, 0.5) is 0 Å². The predicted molar refractivity (Wildman–Crippen MR) is 117 cm³/mol. The molecule has 0 aliphatic rings. The number of carbonyl (C=O) groups is 1. The van der Waals surface area contributed by atoms with Crippen molar-refractivity contribution in [3.05, 3.63) is 76.0 Å². The Kier molecular flexibility index (Phi) is 6.71. The molecule has 0 spiro atoms. The lowest BCUT2D eigenvalue weighted by atomic mass is 10.1. The van der Waals surface area contributed by atoms with Crippen molar-refractivity contribution in [2.24, 2.45) is 0 Å². The highest BCUT2D eigenvalue weighted by atomic mass is 32.2. The van der Waals surface area contributed by atoms with Gasteiger partial charge in [-0.1, -0.05) is 17.7 Å². The first-order valence-electron chi connectivity index (χ1n) is 10.1. The summed E-state index contributed by atoms with van der Waals surface area (Å²) in [6.45, 7) is 9.48. The lowest BCUT2D eigenvalue weighted by Gasteiger charge is -2.23. The van der Waals surface area contributed by atoms with E-state index >= 15 is 0 Å². The second-order valence-electron chi connectivity index (χ2n) is 7.57. The van der Waals surface area contributed by atoms with Crippen molar-refractivity contribution in [2.75, 3.05) is 6.61 Å². The van der Waals surface area contributed by atoms with Crippen molar-refractivity contribution < 1.29 is 22.4 Å². The van der Waals surface area contributed by atoms with Crippen molar-refractivity contribution >= 4 is 16.0 Å². The molecule has 0 saturated carbocycles. The van der Waals surface area contributed by atoms with E-state index in [2.05, 4.69) is 4.98 Å². The third-order valence-corrected chi connectivity index (χ3v) is 7.22. The second kappa shape index (κ2) is 9.11. The maximum absolute atomic E-state index is 13.6. The molecule has 0 radical (unpaired) electrons. The summed E-state index contributed by atoms with van der Waals surface area (Å²) in [4.78, 5) is 15.6. The molecule has 3 aromatic rings. The molecule has 3 rings (SSSR count). The number of nitrogens with zero attached hydrogens (tertiary/aromatic N) is 1. The van der Waals surface area contributed by atoms with Crippen LogP contribution in [0.15, 0.2) is 45.9 Å². The van der Waals surface area contributed by atoms with E-state index in [0.717, 1.165) is 16.8 Å². The van der Waals surface area contributed by atoms with E-state index in [0.29, 0.717) is 22.6 Å². The van der Waals surface area contributed by atoms with E-state index < -0.39 is 16.0 Å². The third kappa shape index (κ3) is 4.75. The number of nitrogens with one attached hydrogen (secondary N) is 1. The maximum Gasteiger partial charge on any atom is 0.355 e. The number of aromatic amines is 1. The lowest BCUT2D eigenvalue weighted by molar-refractivity contribution is 0.0519. The standard InChI is InChI=1S/C23H28N2O5S/c1-6-29-23(26)22-17(4)20(18(5)24-22)14-25(13-19-8-7-11-30-19)31(27,28)21-10-9-15(2)12-16(21)3/h7-12,24H,6,13-14H2,1-5H3. The van der Waals surface area contributed by atoms with Crippen LogP contribution in [0.1, 0.15) is 51.1 Å². The van der Waals surface area contributed by atoms with Gasteiger partial charge in [-0.25, -0.2) is 13.2 Å². The molecule has 0 saturated heterocycles. The monoisotopic (exact) mass is 444 g/mol. The van der Waals surface area contributed by atoms with Gasteiger partial charge in [0.25, 0.3) is 0 Å². The molecule has 1 N–H and O–H groups in total. The Balaban J connectivity index is 2.04. The predicted octanol–water partition coefficient (Wildman–Crippen LogP) is 4.41. The fraction of sp³-hybridized carbons (Fsp3) is 0.348. The van der Waals surface area contributed by atoms with Crippen LogP contribution < -0.4 is 0 Å². The molecule has 8 heteroatoms. The van der Waals surface area contributed by atoms with Gasteiger partial charge in [0.2, 0.25) is 10.0 Å². The fourth-order valence-electron chi connectivity index (χ4n) is 3.64. The number of benzene rings is 1. The van der Waals surface area contributed by atoms with Gasteiger partial charge < -0.3 is 14.1 Å². The smallest absolute Gasteiger partial charge is 0.355 e. The van der Waals surface area contributed by atoms with Gasteiger partial charge in [-0.05, 0) is 69.5 Å². The first kappa shape index (κ1) is 22.8. The number of carbonyl (C=O) groups excluding carboxylic acids is 1. The Bertz CT molecular complexity index is 1180. The summed E-state index contributed by atoms with van der Waals surface area (Å²) in [7, 11) is -3.83. The van der Waals surface area contributed by atoms with Crippen LogP contribution in [0.25, 0.3) is 0 Å². The van der Waals surface area contributed by atoms with Crippen LogP contribution in [0.5, 0.6) is 0 Å². The molecule has 7 nitrogen and oxygen atoms in total. The van der Waals surface area contributed by atoms with E-state index in [4.69, 9.17) is 9.15 Å². The Morgan fingerprint density at radius 1 is 1.13 bits per heavy atom. The number of hydrogen-bond acceptors (Lipinski definition) is 5. The topological polar surface area (TPSA) is 92.6 Å². The van der Waals surface area contributed by atoms with Gasteiger partial charge in [-0.15, -0.1) is 0 Å². The number of hydrogen-bond donors (Lipinski definition) is 1. The van der Waals surface area contributed by atoms with Crippen molar-refractivity contribution in [2.45, 2.75) is 52.6 Å². The molecule has 0 amide bonds. The van der Waals surface area contributed by atoms with Crippen LogP contribution in [0.2, 0.25) is 0 Å². The summed E-state index contributed by atoms with van der Waals surface area (Å²) in [5.74, 6) is 0.0777. The summed E-state index contributed by atoms with van der Waals surface area (Å²) >= 11 is 0. The largest absolute Gasteiger partial charge is 0.468 e. The average molecular weight is 445 g/mol. The molecular weight excluding hydrogens is 416 g/mol. The first-order chi connectivity index (χ1) is 14.6. The molecule has 31 heavy (non-hydrogen) atoms. The van der Waals surface area contributed by atoms with Crippen molar-refractivity contribution in [1.82, 2.24) is 9.29 Å². The van der Waals surface area contributed by atoms with Gasteiger partial charge in [0.05, 0.1) is 24.3 Å². The van der Waals surface area contributed by atoms with Crippen molar-refractivity contribution in [1.29, 1.82) is 0 Å². The Morgan fingerprint density at radius 3 is 2.48 bits per heavy atom. The summed E-state index contributed by atoms with van der Waals surface area (Å²) in [6.07, 6.45) is 1.52. The summed E-state index contributed by atoms with van der Waals surface area (Å²) < 4.78 is 39.2. The van der Waals surface area contributed by atoms with Gasteiger partial charge >= 0.3 is 5.97 Å². The summed E-state index contributed by atoms with van der Waals surface area (Å²) in [5.41, 5.74) is 4.15. The zero-order valence-corrected chi connectivity index (χ0v) is 19.3. The van der Waals surface area contributed by atoms with Crippen LogP contribution in [0, 0.1) is 27.7 Å². The molecular formula is C23H28N2O5S. The van der Waals surface area contributed by atoms with Gasteiger partial charge in [-0.3, -0.25) is 0 Å². The molecule has 0 unspecified atom stereocenters. The maximum atomic E-state index is 13.6. The van der Waals surface area contributed by atoms with Crippen LogP contribution in [-0.4, -0.2) is 30.3 Å². The van der Waals surface area contributed by atoms with E-state index in [9.17, 15) is 13.2 Å². The number of aryl methyl sites for hydroxylation is 3. The number of esters is 1. The minimum Gasteiger partial charge on any atom is -0.468 e. The molecule has 0 fully saturated rings. The van der Waals surface area contributed by atoms with E-state index in [1.54, 1.807) is 45.0 Å². The average Bonchev–Trinajstić information content (AvgIpc) is 3.30. The van der Waals surface area contributed by atoms with Gasteiger partial charge in [0, 0.05) is 12.2 Å². The SMILES string of the molecule is CCOC(=O)c1[nH]c(C)c(CN(Cc2ccco2)S(=O)(=O)c2ccc(C)cc2C)c1C. The van der Waals surface area contributed by atoms with Crippen molar-refractivity contribution in [3.63, 3.8) is 0 Å². The highest BCUT2D eigenvalue weighted by Crippen LogP contribution is 2.28. The number of aromatic nitrogens is 1. The molecule has 1 aromatic carbocycles. The highest BCUT2D eigenvalue weighted by molar-refractivity contribution is 7.89. The molecule has 2 aromatic heterocycles. The number of ether oxygens (including phenoxy) is 1. The Morgan fingerprint density at radius 2 is 1.87 bits per heavy atom. The molecule has 0 bridgehead atoms. The van der Waals surface area contributed by atoms with E-state index in [1.807, 2.05) is 19.9 Å². The normalized spacial score (nSPS) is 11.8. The van der Waals surface area contributed by atoms with Gasteiger partial charge in [-0.2, -0.15) is 4.31 Å². The minimum absolute atomic E-state index is 0.0709. The number of sulfonamides is 1. The van der Waals surface area contributed by atoms with E-state index in [-0.39, 0.29) is 24.6 Å². The Hall–Kier alpha value is -2.84. The zero-order valence-electron chi connectivity index (χ0n) is 18.5. The lowest BCUT2D eigenvalue weighted by Crippen LogP contribution is -2.31. The van der Waals surface area contributed by atoms with E-state index in [1.165, 1.54) is 10.6 Å². The molecule has 0 atom stereocenters. The highest BCUT2D eigenvalue weighted by Gasteiger charge is 2.30. The van der Waals surface area contributed by atoms with Crippen molar-refractivity contribution in [3.8, 4) is 0 Å². The fourth-order valence-corrected chi connectivity index (χ4v) is 5.22. The zero-order chi connectivity index (χ0) is 22.8. The number of rotatable bonds is 8. The summed E-state index contributed by atoms with van der Waals surface area (Å²) in [6, 6.07) is 8.74. The van der Waals surface area contributed by atoms with Gasteiger partial charge in [0.15, 0.2) is 0 Å². The third-order valence-electron chi connectivity index (χ3n) is 5.27. The second-order valence-corrected chi connectivity index (χ2v) is 9.48. The first-order valence-corrected chi connectivity index (χ1v) is 11.5. The summed E-state index contributed by atoms with van der Waals surface area (Å²) in [5, 5.41) is 0. The quantitative estimate of drug-likeness (QED) is 0.520. The van der Waals surface area contributed by atoms with Crippen LogP contribution in [0.3, 0.4) is 0 Å². The van der Waals surface area contributed by atoms with Crippen LogP contribution in [-0.2, 0) is 27.8 Å². The molecule has 0 aliphatic carbocycles. The van der Waals surface area contributed by atoms with Gasteiger partial charge in [0.1, 0.15) is 11.5 Å². The number of H-pyrrole nitrogens is 1. The molecule has 0 aliphatic heterocycles. The molecule has 2 heterocycles.